The van der Waals surface area contributed by atoms with Crippen molar-refractivity contribution in [3.63, 3.8) is 0 Å². The zero-order chi connectivity index (χ0) is 17.2. The lowest BCUT2D eigenvalue weighted by Crippen LogP contribution is -2.32. The fraction of sp³-hybridized carbons (Fsp3) is 0.333. The molecule has 9 nitrogen and oxygen atoms in total. The Morgan fingerprint density at radius 1 is 1.44 bits per heavy atom. The van der Waals surface area contributed by atoms with Gasteiger partial charge in [-0.2, -0.15) is 0 Å². The number of nitrogens with zero attached hydrogens (tertiary/aromatic N) is 6. The Bertz CT molecular complexity index is 873. The third-order valence-corrected chi connectivity index (χ3v) is 4.59. The highest BCUT2D eigenvalue weighted by molar-refractivity contribution is 7.14. The van der Waals surface area contributed by atoms with Gasteiger partial charge in [0.2, 0.25) is 0 Å². The minimum absolute atomic E-state index is 0.298. The van der Waals surface area contributed by atoms with E-state index in [1.807, 2.05) is 24.4 Å². The lowest BCUT2D eigenvalue weighted by Gasteiger charge is -2.13. The number of hydrogen-bond donors (Lipinski definition) is 2. The van der Waals surface area contributed by atoms with Crippen molar-refractivity contribution in [1.82, 2.24) is 35.5 Å². The van der Waals surface area contributed by atoms with Crippen LogP contribution in [0.2, 0.25) is 0 Å². The van der Waals surface area contributed by atoms with E-state index < -0.39 is 0 Å². The van der Waals surface area contributed by atoms with Crippen molar-refractivity contribution in [3.8, 4) is 11.3 Å². The number of carbonyl (C=O) groups is 1. The van der Waals surface area contributed by atoms with Crippen molar-refractivity contribution in [2.45, 2.75) is 31.8 Å². The van der Waals surface area contributed by atoms with E-state index >= 15 is 0 Å². The summed E-state index contributed by atoms with van der Waals surface area (Å²) in [7, 11) is 0. The standard InChI is InChI=1S/C15H16N8OS/c1-9(13-20-21-22-23(13)11-4-5-11)17-14(24)19-15-18-12(8-25-15)10-3-2-6-16-7-10/h2-3,6-9,11H,4-5H2,1H3,(H2,17,18,19,24). The number of thiazole rings is 1. The summed E-state index contributed by atoms with van der Waals surface area (Å²) in [5.41, 5.74) is 1.68. The van der Waals surface area contributed by atoms with Crippen molar-refractivity contribution < 1.29 is 4.79 Å². The van der Waals surface area contributed by atoms with Crippen LogP contribution in [0.4, 0.5) is 9.93 Å². The average molecular weight is 356 g/mol. The quantitative estimate of drug-likeness (QED) is 0.726. The molecule has 128 valence electrons. The molecule has 0 bridgehead atoms. The molecule has 1 saturated carbocycles. The number of rotatable bonds is 5. The second-order valence-electron chi connectivity index (χ2n) is 5.81. The molecule has 3 aromatic rings. The van der Waals surface area contributed by atoms with E-state index in [0.29, 0.717) is 17.0 Å². The minimum Gasteiger partial charge on any atom is -0.328 e. The molecule has 2 N–H and O–H groups in total. The maximum Gasteiger partial charge on any atom is 0.321 e. The summed E-state index contributed by atoms with van der Waals surface area (Å²) in [6.45, 7) is 1.85. The summed E-state index contributed by atoms with van der Waals surface area (Å²) in [4.78, 5) is 20.7. The number of pyridine rings is 1. The van der Waals surface area contributed by atoms with Crippen molar-refractivity contribution in [2.75, 3.05) is 5.32 Å². The van der Waals surface area contributed by atoms with Gasteiger partial charge >= 0.3 is 6.03 Å². The van der Waals surface area contributed by atoms with Crippen LogP contribution in [-0.4, -0.2) is 36.2 Å². The van der Waals surface area contributed by atoms with Gasteiger partial charge in [0.15, 0.2) is 11.0 Å². The first-order chi connectivity index (χ1) is 12.2. The van der Waals surface area contributed by atoms with Crippen molar-refractivity contribution in [2.24, 2.45) is 0 Å². The largest absolute Gasteiger partial charge is 0.328 e. The summed E-state index contributed by atoms with van der Waals surface area (Å²) in [6, 6.07) is 3.49. The third kappa shape index (κ3) is 3.48. The van der Waals surface area contributed by atoms with Crippen LogP contribution in [0.1, 0.15) is 37.7 Å². The molecule has 2 amide bonds. The molecule has 4 rings (SSSR count). The first-order valence-electron chi connectivity index (χ1n) is 7.92. The average Bonchev–Trinajstić information content (AvgIpc) is 3.16. The summed E-state index contributed by atoms with van der Waals surface area (Å²) >= 11 is 1.36. The predicted molar refractivity (Wildman–Crippen MR) is 92.0 cm³/mol. The normalized spacial score (nSPS) is 14.9. The summed E-state index contributed by atoms with van der Waals surface area (Å²) in [5.74, 6) is 0.660. The molecular formula is C15H16N8OS. The maximum absolute atomic E-state index is 12.2. The minimum atomic E-state index is -0.343. The molecule has 0 spiro atoms. The molecule has 0 aromatic carbocycles. The molecule has 1 atom stereocenters. The Kier molecular flexibility index (Phi) is 4.10. The summed E-state index contributed by atoms with van der Waals surface area (Å²) in [6.07, 6.45) is 5.60. The van der Waals surface area contributed by atoms with Gasteiger partial charge in [-0.15, -0.1) is 16.4 Å². The van der Waals surface area contributed by atoms with Crippen molar-refractivity contribution in [1.29, 1.82) is 0 Å². The molecule has 3 aromatic heterocycles. The zero-order valence-corrected chi connectivity index (χ0v) is 14.3. The van der Waals surface area contributed by atoms with E-state index in [-0.39, 0.29) is 12.1 Å². The first kappa shape index (κ1) is 15.6. The Morgan fingerprint density at radius 2 is 2.32 bits per heavy atom. The molecule has 1 aliphatic carbocycles. The fourth-order valence-corrected chi connectivity index (χ4v) is 3.15. The van der Waals surface area contributed by atoms with Crippen LogP contribution in [0.5, 0.6) is 0 Å². The molecule has 25 heavy (non-hydrogen) atoms. The summed E-state index contributed by atoms with van der Waals surface area (Å²) in [5, 5.41) is 19.7. The van der Waals surface area contributed by atoms with Gasteiger partial charge in [-0.1, -0.05) is 0 Å². The number of aromatic nitrogens is 6. The lowest BCUT2D eigenvalue weighted by molar-refractivity contribution is 0.248. The fourth-order valence-electron chi connectivity index (χ4n) is 2.44. The number of hydrogen-bond acceptors (Lipinski definition) is 7. The van der Waals surface area contributed by atoms with Gasteiger partial charge in [-0.3, -0.25) is 10.3 Å². The van der Waals surface area contributed by atoms with E-state index in [4.69, 9.17) is 0 Å². The van der Waals surface area contributed by atoms with E-state index in [0.717, 1.165) is 24.1 Å². The molecule has 1 fully saturated rings. The SMILES string of the molecule is CC(NC(=O)Nc1nc(-c2cccnc2)cs1)c1nnnn1C1CC1. The monoisotopic (exact) mass is 356 g/mol. The van der Waals surface area contributed by atoms with E-state index in [2.05, 4.69) is 36.1 Å². The van der Waals surface area contributed by atoms with Crippen molar-refractivity contribution >= 4 is 22.5 Å². The van der Waals surface area contributed by atoms with E-state index in [1.165, 1.54) is 11.3 Å². The van der Waals surface area contributed by atoms with Gasteiger partial charge in [0.25, 0.3) is 0 Å². The van der Waals surface area contributed by atoms with Gasteiger partial charge in [-0.05, 0) is 42.3 Å². The number of anilines is 1. The highest BCUT2D eigenvalue weighted by atomic mass is 32.1. The van der Waals surface area contributed by atoms with Crippen LogP contribution in [0.15, 0.2) is 29.9 Å². The number of tetrazole rings is 1. The highest BCUT2D eigenvalue weighted by Crippen LogP contribution is 2.35. The topological polar surface area (TPSA) is 111 Å². The van der Waals surface area contributed by atoms with Gasteiger partial charge in [-0.25, -0.2) is 14.5 Å². The molecule has 1 unspecified atom stereocenters. The Labute approximate surface area is 147 Å². The van der Waals surface area contributed by atoms with Gasteiger partial charge in [0.1, 0.15) is 0 Å². The molecule has 0 saturated heterocycles. The number of carbonyl (C=O) groups excluding carboxylic acids is 1. The highest BCUT2D eigenvalue weighted by Gasteiger charge is 2.29. The van der Waals surface area contributed by atoms with Gasteiger partial charge in [0.05, 0.1) is 17.8 Å². The third-order valence-electron chi connectivity index (χ3n) is 3.83. The number of urea groups is 1. The smallest absolute Gasteiger partial charge is 0.321 e. The van der Waals surface area contributed by atoms with Crippen molar-refractivity contribution in [3.05, 3.63) is 35.7 Å². The second kappa shape index (κ2) is 6.55. The Morgan fingerprint density at radius 3 is 3.08 bits per heavy atom. The molecule has 0 radical (unpaired) electrons. The van der Waals surface area contributed by atoms with Gasteiger partial charge in [0, 0.05) is 23.3 Å². The Balaban J connectivity index is 1.39. The summed E-state index contributed by atoms with van der Waals surface area (Å²) < 4.78 is 1.79. The second-order valence-corrected chi connectivity index (χ2v) is 6.67. The maximum atomic E-state index is 12.2. The molecule has 3 heterocycles. The van der Waals surface area contributed by atoms with Gasteiger partial charge < -0.3 is 5.32 Å². The zero-order valence-electron chi connectivity index (χ0n) is 13.5. The number of nitrogens with one attached hydrogen (secondary N) is 2. The lowest BCUT2D eigenvalue weighted by atomic mass is 10.2. The van der Waals surface area contributed by atoms with E-state index in [9.17, 15) is 4.79 Å². The molecule has 10 heteroatoms. The van der Waals surface area contributed by atoms with Crippen LogP contribution < -0.4 is 10.6 Å². The van der Waals surface area contributed by atoms with Crippen LogP contribution >= 0.6 is 11.3 Å². The molecular weight excluding hydrogens is 340 g/mol. The molecule has 1 aliphatic rings. The van der Waals surface area contributed by atoms with Crippen LogP contribution in [-0.2, 0) is 0 Å². The van der Waals surface area contributed by atoms with Crippen LogP contribution in [0.3, 0.4) is 0 Å². The van der Waals surface area contributed by atoms with E-state index in [1.54, 1.807) is 17.1 Å². The van der Waals surface area contributed by atoms with Crippen LogP contribution in [0.25, 0.3) is 11.3 Å². The first-order valence-corrected chi connectivity index (χ1v) is 8.80. The predicted octanol–water partition coefficient (Wildman–Crippen LogP) is 2.41. The number of amides is 2. The van der Waals surface area contributed by atoms with Crippen LogP contribution in [0, 0.1) is 0 Å². The Hall–Kier alpha value is -2.88. The molecule has 0 aliphatic heterocycles.